The van der Waals surface area contributed by atoms with Crippen LogP contribution in [0.1, 0.15) is 90.4 Å². The van der Waals surface area contributed by atoms with Crippen LogP contribution in [0.3, 0.4) is 0 Å². The van der Waals surface area contributed by atoms with Crippen LogP contribution in [0.4, 0.5) is 0 Å². The van der Waals surface area contributed by atoms with Crippen LogP contribution in [0.15, 0.2) is 0 Å². The van der Waals surface area contributed by atoms with Gasteiger partial charge in [0, 0.05) is 13.0 Å². The smallest absolute Gasteiger partial charge is 0.0802 e. The summed E-state index contributed by atoms with van der Waals surface area (Å²) >= 11 is 0. The molecule has 0 fully saturated rings. The minimum Gasteiger partial charge on any atom is -1.00 e. The lowest BCUT2D eigenvalue weighted by molar-refractivity contribution is -0.870. The van der Waals surface area contributed by atoms with E-state index < -0.39 is 0 Å². The van der Waals surface area contributed by atoms with Crippen LogP contribution in [0.2, 0.25) is 0 Å². The molecule has 0 saturated carbocycles. The molecule has 142 valence electrons. The van der Waals surface area contributed by atoms with E-state index in [9.17, 15) is 0 Å². The third kappa shape index (κ3) is 24.6. The zero-order valence-electron chi connectivity index (χ0n) is 16.5. The van der Waals surface area contributed by atoms with Crippen LogP contribution in [0.5, 0.6) is 0 Å². The van der Waals surface area contributed by atoms with Gasteiger partial charge in [-0.05, 0) is 6.42 Å². The monoisotopic (exact) mass is 349 g/mol. The fourth-order valence-corrected chi connectivity index (χ4v) is 2.79. The Morgan fingerprint density at radius 1 is 0.565 bits per heavy atom. The third-order valence-corrected chi connectivity index (χ3v) is 4.26. The summed E-state index contributed by atoms with van der Waals surface area (Å²) in [6.45, 7) is 5.40. The molecule has 0 aliphatic rings. The molecule has 0 aliphatic heterocycles. The number of unbranched alkanes of at least 4 members (excludes halogenated alkanes) is 11. The van der Waals surface area contributed by atoms with Crippen molar-refractivity contribution in [3.05, 3.63) is 0 Å². The molecule has 0 heterocycles. The number of rotatable bonds is 17. The maximum atomic E-state index is 5.71. The summed E-state index contributed by atoms with van der Waals surface area (Å²) in [6.07, 6.45) is 18.1. The maximum Gasteiger partial charge on any atom is 0.0802 e. The first-order chi connectivity index (χ1) is 10.6. The quantitative estimate of drug-likeness (QED) is 0.290. The Morgan fingerprint density at radius 3 is 1.39 bits per heavy atom. The molecule has 0 unspecified atom stereocenters. The highest BCUT2D eigenvalue weighted by Gasteiger charge is 2.05. The Morgan fingerprint density at radius 2 is 0.957 bits per heavy atom. The normalized spacial score (nSPS) is 11.5. The molecule has 0 saturated heterocycles. The van der Waals surface area contributed by atoms with Crippen molar-refractivity contribution >= 4 is 0 Å². The second-order valence-electron chi connectivity index (χ2n) is 7.87. The van der Waals surface area contributed by atoms with Crippen molar-refractivity contribution in [1.29, 1.82) is 0 Å². The second-order valence-corrected chi connectivity index (χ2v) is 7.87. The molecular formula is C20H44ClNO. The molecule has 0 N–H and O–H groups in total. The highest BCUT2D eigenvalue weighted by Crippen LogP contribution is 2.11. The summed E-state index contributed by atoms with van der Waals surface area (Å²) in [5.74, 6) is 0. The number of quaternary nitrogens is 1. The van der Waals surface area contributed by atoms with Gasteiger partial charge in [0.15, 0.2) is 0 Å². The van der Waals surface area contributed by atoms with Crippen molar-refractivity contribution in [2.75, 3.05) is 40.9 Å². The third-order valence-electron chi connectivity index (χ3n) is 4.26. The molecule has 0 bridgehead atoms. The van der Waals surface area contributed by atoms with Crippen LogP contribution in [0.25, 0.3) is 0 Å². The molecule has 0 aromatic heterocycles. The summed E-state index contributed by atoms with van der Waals surface area (Å²) in [5, 5.41) is 0. The Hall–Kier alpha value is 0.210. The molecule has 0 radical (unpaired) electrons. The van der Waals surface area contributed by atoms with Gasteiger partial charge in [-0.15, -0.1) is 0 Å². The van der Waals surface area contributed by atoms with Gasteiger partial charge in [-0.1, -0.05) is 77.6 Å². The van der Waals surface area contributed by atoms with Gasteiger partial charge < -0.3 is 21.6 Å². The van der Waals surface area contributed by atoms with Crippen molar-refractivity contribution in [2.24, 2.45) is 0 Å². The van der Waals surface area contributed by atoms with Crippen LogP contribution in [-0.2, 0) is 4.74 Å². The fourth-order valence-electron chi connectivity index (χ4n) is 2.79. The molecule has 0 aromatic rings. The van der Waals surface area contributed by atoms with Crippen LogP contribution >= 0.6 is 0 Å². The van der Waals surface area contributed by atoms with Gasteiger partial charge in [0.1, 0.15) is 0 Å². The molecule has 0 spiro atoms. The largest absolute Gasteiger partial charge is 1.00 e. The van der Waals surface area contributed by atoms with Crippen molar-refractivity contribution in [3.8, 4) is 0 Å². The predicted molar refractivity (Wildman–Crippen MR) is 99.4 cm³/mol. The van der Waals surface area contributed by atoms with Gasteiger partial charge in [0.25, 0.3) is 0 Å². The summed E-state index contributed by atoms with van der Waals surface area (Å²) in [4.78, 5) is 0. The van der Waals surface area contributed by atoms with E-state index in [2.05, 4.69) is 28.1 Å². The van der Waals surface area contributed by atoms with Crippen LogP contribution < -0.4 is 12.4 Å². The highest BCUT2D eigenvalue weighted by molar-refractivity contribution is 4.48. The first kappa shape index (κ1) is 25.5. The number of halogens is 1. The van der Waals surface area contributed by atoms with E-state index in [0.717, 1.165) is 17.7 Å². The summed E-state index contributed by atoms with van der Waals surface area (Å²) in [5.41, 5.74) is 0. The van der Waals surface area contributed by atoms with E-state index in [1.807, 2.05) is 0 Å². The van der Waals surface area contributed by atoms with E-state index in [1.54, 1.807) is 0 Å². The first-order valence-electron chi connectivity index (χ1n) is 9.94. The van der Waals surface area contributed by atoms with Crippen LogP contribution in [0, 0.1) is 0 Å². The molecule has 0 amide bonds. The Bertz CT molecular complexity index is 216. The lowest BCUT2D eigenvalue weighted by Crippen LogP contribution is -3.00. The second kappa shape index (κ2) is 18.5. The minimum absolute atomic E-state index is 0. The lowest BCUT2D eigenvalue weighted by Gasteiger charge is -2.23. The minimum atomic E-state index is 0. The van der Waals surface area contributed by atoms with E-state index in [-0.39, 0.29) is 12.4 Å². The molecule has 0 aromatic carbocycles. The molecule has 0 atom stereocenters. The van der Waals surface area contributed by atoms with Crippen molar-refractivity contribution in [3.63, 3.8) is 0 Å². The molecule has 23 heavy (non-hydrogen) atoms. The van der Waals surface area contributed by atoms with E-state index >= 15 is 0 Å². The van der Waals surface area contributed by atoms with Gasteiger partial charge in [-0.2, -0.15) is 0 Å². The first-order valence-corrected chi connectivity index (χ1v) is 9.94. The van der Waals surface area contributed by atoms with Crippen molar-refractivity contribution < 1.29 is 21.6 Å². The number of ether oxygens (including phenoxy) is 1. The van der Waals surface area contributed by atoms with E-state index in [4.69, 9.17) is 4.74 Å². The highest BCUT2D eigenvalue weighted by atomic mass is 35.5. The lowest BCUT2D eigenvalue weighted by atomic mass is 10.1. The standard InChI is InChI=1S/C20H44NO.ClH/c1-5-6-7-8-9-10-11-12-13-14-15-16-19-22-20-17-18-21(2,3)4;/h5-20H2,1-4H3;1H/q+1;/p-1. The van der Waals surface area contributed by atoms with Gasteiger partial charge in [0.2, 0.25) is 0 Å². The molecule has 0 aliphatic carbocycles. The predicted octanol–water partition coefficient (Wildman–Crippen LogP) is 2.80. The fraction of sp³-hybridized carbons (Fsp3) is 1.00. The Kier molecular flexibility index (Phi) is 20.5. The van der Waals surface area contributed by atoms with Crippen LogP contribution in [-0.4, -0.2) is 45.4 Å². The maximum absolute atomic E-state index is 5.71. The van der Waals surface area contributed by atoms with E-state index in [0.29, 0.717) is 0 Å². The summed E-state index contributed by atoms with van der Waals surface area (Å²) < 4.78 is 6.75. The Balaban J connectivity index is 0. The van der Waals surface area contributed by atoms with Gasteiger partial charge in [-0.25, -0.2) is 0 Å². The average molecular weight is 350 g/mol. The molecule has 0 rings (SSSR count). The number of hydrogen-bond acceptors (Lipinski definition) is 1. The molecule has 3 heteroatoms. The van der Waals surface area contributed by atoms with Crippen molar-refractivity contribution in [2.45, 2.75) is 90.4 Å². The number of nitrogens with zero attached hydrogens (tertiary/aromatic N) is 1. The average Bonchev–Trinajstić information content (AvgIpc) is 2.45. The van der Waals surface area contributed by atoms with Gasteiger partial charge in [-0.3, -0.25) is 0 Å². The van der Waals surface area contributed by atoms with Crippen molar-refractivity contribution in [1.82, 2.24) is 0 Å². The van der Waals surface area contributed by atoms with Gasteiger partial charge >= 0.3 is 0 Å². The van der Waals surface area contributed by atoms with Gasteiger partial charge in [0.05, 0.1) is 34.3 Å². The molecule has 2 nitrogen and oxygen atoms in total. The number of hydrogen-bond donors (Lipinski definition) is 0. The topological polar surface area (TPSA) is 9.23 Å². The zero-order valence-corrected chi connectivity index (χ0v) is 17.3. The molecular weight excluding hydrogens is 306 g/mol. The zero-order chi connectivity index (χ0) is 16.5. The SMILES string of the molecule is CCCCCCCCCCCCCCOCCC[N+](C)(C)C.[Cl-]. The summed E-state index contributed by atoms with van der Waals surface area (Å²) in [7, 11) is 6.72. The Labute approximate surface area is 153 Å². The van der Waals surface area contributed by atoms with E-state index in [1.165, 1.54) is 90.0 Å². The summed E-state index contributed by atoms with van der Waals surface area (Å²) in [6, 6.07) is 0.